The van der Waals surface area contributed by atoms with Crippen LogP contribution in [0.2, 0.25) is 0 Å². The lowest BCUT2D eigenvalue weighted by Crippen LogP contribution is -2.52. The molecule has 0 aliphatic rings. The van der Waals surface area contributed by atoms with E-state index in [2.05, 4.69) is 17.6 Å². The number of aryl methyl sites for hydroxylation is 2. The predicted molar refractivity (Wildman–Crippen MR) is 154 cm³/mol. The number of ether oxygens (including phenoxy) is 1. The average Bonchev–Trinajstić information content (AvgIpc) is 2.89. The first kappa shape index (κ1) is 29.4. The van der Waals surface area contributed by atoms with Crippen LogP contribution in [0.4, 0.5) is 10.5 Å². The van der Waals surface area contributed by atoms with Crippen molar-refractivity contribution in [1.82, 2.24) is 10.2 Å². The van der Waals surface area contributed by atoms with E-state index in [1.807, 2.05) is 85.8 Å². The number of alkyl carbamates (subject to hydrolysis) is 1. The molecule has 2 N–H and O–H groups in total. The molecule has 2 unspecified atom stereocenters. The fourth-order valence-electron chi connectivity index (χ4n) is 4.27. The smallest absolute Gasteiger partial charge is 0.408 e. The van der Waals surface area contributed by atoms with Crippen molar-refractivity contribution >= 4 is 23.6 Å². The van der Waals surface area contributed by atoms with Gasteiger partial charge in [0.2, 0.25) is 5.91 Å². The maximum atomic E-state index is 14.0. The molecule has 0 aromatic heterocycles. The number of nitrogens with zero attached hydrogens (tertiary/aromatic N) is 1. The molecule has 0 spiro atoms. The van der Waals surface area contributed by atoms with Crippen LogP contribution < -0.4 is 10.6 Å². The minimum atomic E-state index is -0.948. The molecule has 0 saturated heterocycles. The van der Waals surface area contributed by atoms with Gasteiger partial charge in [-0.05, 0) is 62.4 Å². The van der Waals surface area contributed by atoms with Gasteiger partial charge in [0, 0.05) is 19.2 Å². The molecule has 0 saturated carbocycles. The summed E-state index contributed by atoms with van der Waals surface area (Å²) < 4.78 is 5.45. The van der Waals surface area contributed by atoms with Crippen LogP contribution >= 0.6 is 0 Å². The topological polar surface area (TPSA) is 87.7 Å². The molecule has 0 fully saturated rings. The van der Waals surface area contributed by atoms with Gasteiger partial charge >= 0.3 is 6.09 Å². The maximum absolute atomic E-state index is 14.0. The molecule has 7 nitrogen and oxygen atoms in total. The number of amides is 3. The first-order valence-corrected chi connectivity index (χ1v) is 13.2. The van der Waals surface area contributed by atoms with E-state index in [0.717, 1.165) is 23.1 Å². The maximum Gasteiger partial charge on any atom is 0.408 e. The number of carbonyl (C=O) groups excluding carboxylic acids is 3. The summed E-state index contributed by atoms with van der Waals surface area (Å²) >= 11 is 0. The van der Waals surface area contributed by atoms with Crippen molar-refractivity contribution in [1.29, 1.82) is 0 Å². The summed E-state index contributed by atoms with van der Waals surface area (Å²) in [5.41, 5.74) is 3.52. The zero-order valence-corrected chi connectivity index (χ0v) is 23.7. The number of hydrogen-bond donors (Lipinski definition) is 2. The van der Waals surface area contributed by atoms with Gasteiger partial charge in [-0.1, -0.05) is 79.7 Å². The SMILES string of the molecule is CCc1ccc(C(C(=O)Nc2ccccc2C)N(C)C(=O)C(Cc2ccccc2)NC(=O)OC(C)(C)C)cc1. The van der Waals surface area contributed by atoms with E-state index in [0.29, 0.717) is 11.3 Å². The summed E-state index contributed by atoms with van der Waals surface area (Å²) in [6.07, 6.45) is 0.400. The molecule has 0 aliphatic heterocycles. The zero-order chi connectivity index (χ0) is 28.6. The highest BCUT2D eigenvalue weighted by molar-refractivity contribution is 5.99. The minimum absolute atomic E-state index is 0.240. The van der Waals surface area contributed by atoms with Crippen LogP contribution in [0.25, 0.3) is 0 Å². The summed E-state index contributed by atoms with van der Waals surface area (Å²) in [5, 5.41) is 5.73. The second kappa shape index (κ2) is 13.1. The minimum Gasteiger partial charge on any atom is -0.444 e. The molecule has 3 amide bonds. The molecule has 2 atom stereocenters. The third-order valence-corrected chi connectivity index (χ3v) is 6.36. The van der Waals surface area contributed by atoms with Gasteiger partial charge in [-0.25, -0.2) is 4.79 Å². The number of benzene rings is 3. The summed E-state index contributed by atoms with van der Waals surface area (Å²) in [4.78, 5) is 41.9. The molecular weight excluding hydrogens is 490 g/mol. The van der Waals surface area contributed by atoms with Gasteiger partial charge in [0.25, 0.3) is 5.91 Å². The predicted octanol–water partition coefficient (Wildman–Crippen LogP) is 5.83. The third kappa shape index (κ3) is 8.43. The monoisotopic (exact) mass is 529 g/mol. The second-order valence-electron chi connectivity index (χ2n) is 10.6. The number of anilines is 1. The Hall–Kier alpha value is -4.13. The number of carbonyl (C=O) groups is 3. The van der Waals surface area contributed by atoms with Crippen LogP contribution in [-0.2, 0) is 27.2 Å². The average molecular weight is 530 g/mol. The normalized spacial score (nSPS) is 12.7. The van der Waals surface area contributed by atoms with E-state index in [4.69, 9.17) is 4.74 Å². The molecule has 0 radical (unpaired) electrons. The molecule has 206 valence electrons. The second-order valence-corrected chi connectivity index (χ2v) is 10.6. The van der Waals surface area contributed by atoms with Crippen LogP contribution in [0.1, 0.15) is 56.0 Å². The lowest BCUT2D eigenvalue weighted by atomic mass is 9.99. The van der Waals surface area contributed by atoms with Crippen molar-refractivity contribution in [2.24, 2.45) is 0 Å². The zero-order valence-electron chi connectivity index (χ0n) is 23.7. The van der Waals surface area contributed by atoms with Crippen LogP contribution in [0.15, 0.2) is 78.9 Å². The van der Waals surface area contributed by atoms with Gasteiger partial charge in [-0.2, -0.15) is 0 Å². The number of likely N-dealkylation sites (N-methyl/N-ethyl adjacent to an activating group) is 1. The Bertz CT molecular complexity index is 1270. The number of nitrogens with one attached hydrogen (secondary N) is 2. The summed E-state index contributed by atoms with van der Waals surface area (Å²) in [7, 11) is 1.59. The summed E-state index contributed by atoms with van der Waals surface area (Å²) in [6, 6.07) is 22.7. The number of rotatable bonds is 9. The van der Waals surface area contributed by atoms with Gasteiger partial charge < -0.3 is 20.3 Å². The van der Waals surface area contributed by atoms with Crippen LogP contribution in [-0.4, -0.2) is 41.5 Å². The van der Waals surface area contributed by atoms with Gasteiger partial charge in [0.1, 0.15) is 17.7 Å². The van der Waals surface area contributed by atoms with Gasteiger partial charge in [0.15, 0.2) is 0 Å². The molecular formula is C32H39N3O4. The van der Waals surface area contributed by atoms with E-state index in [1.54, 1.807) is 27.8 Å². The summed E-state index contributed by atoms with van der Waals surface area (Å²) in [5.74, 6) is -0.755. The van der Waals surface area contributed by atoms with Gasteiger partial charge in [-0.3, -0.25) is 9.59 Å². The number of para-hydroxylation sites is 1. The highest BCUT2D eigenvalue weighted by atomic mass is 16.6. The lowest BCUT2D eigenvalue weighted by Gasteiger charge is -2.32. The Balaban J connectivity index is 1.95. The first-order valence-electron chi connectivity index (χ1n) is 13.2. The highest BCUT2D eigenvalue weighted by Gasteiger charge is 2.34. The fourth-order valence-corrected chi connectivity index (χ4v) is 4.27. The van der Waals surface area contributed by atoms with Crippen LogP contribution in [0, 0.1) is 6.92 Å². The van der Waals surface area contributed by atoms with Crippen molar-refractivity contribution in [2.45, 2.75) is 65.1 Å². The van der Waals surface area contributed by atoms with Crippen molar-refractivity contribution in [2.75, 3.05) is 12.4 Å². The molecule has 7 heteroatoms. The first-order chi connectivity index (χ1) is 18.5. The van der Waals surface area contributed by atoms with Gasteiger partial charge in [0.05, 0.1) is 0 Å². The van der Waals surface area contributed by atoms with E-state index in [9.17, 15) is 14.4 Å². The largest absolute Gasteiger partial charge is 0.444 e. The third-order valence-electron chi connectivity index (χ3n) is 6.36. The fraction of sp³-hybridized carbons (Fsp3) is 0.344. The van der Waals surface area contributed by atoms with E-state index < -0.39 is 29.7 Å². The Morgan fingerprint density at radius 1 is 0.872 bits per heavy atom. The molecule has 0 aliphatic carbocycles. The summed E-state index contributed by atoms with van der Waals surface area (Å²) in [6.45, 7) is 9.26. The highest BCUT2D eigenvalue weighted by Crippen LogP contribution is 2.25. The molecule has 3 aromatic carbocycles. The van der Waals surface area contributed by atoms with Crippen molar-refractivity contribution in [3.63, 3.8) is 0 Å². The van der Waals surface area contributed by atoms with Crippen molar-refractivity contribution in [3.8, 4) is 0 Å². The lowest BCUT2D eigenvalue weighted by molar-refractivity contribution is -0.139. The Labute approximate surface area is 231 Å². The molecule has 3 aromatic rings. The molecule has 3 rings (SSSR count). The van der Waals surface area contributed by atoms with Crippen LogP contribution in [0.5, 0.6) is 0 Å². The van der Waals surface area contributed by atoms with E-state index >= 15 is 0 Å². The Morgan fingerprint density at radius 2 is 1.49 bits per heavy atom. The Kier molecular flexibility index (Phi) is 9.88. The van der Waals surface area contributed by atoms with Crippen LogP contribution in [0.3, 0.4) is 0 Å². The van der Waals surface area contributed by atoms with Crippen molar-refractivity contribution in [3.05, 3.63) is 101 Å². The van der Waals surface area contributed by atoms with Gasteiger partial charge in [-0.15, -0.1) is 0 Å². The van der Waals surface area contributed by atoms with E-state index in [1.165, 1.54) is 4.90 Å². The molecule has 0 bridgehead atoms. The molecule has 39 heavy (non-hydrogen) atoms. The molecule has 0 heterocycles. The Morgan fingerprint density at radius 3 is 2.08 bits per heavy atom. The number of hydrogen-bond acceptors (Lipinski definition) is 4. The van der Waals surface area contributed by atoms with E-state index in [-0.39, 0.29) is 12.3 Å². The quantitative estimate of drug-likeness (QED) is 0.365. The standard InChI is InChI=1S/C32H39N3O4/c1-7-23-17-19-25(20-18-23)28(29(36)33-26-16-12-11-13-22(26)2)35(6)30(37)27(21-24-14-9-8-10-15-24)34-31(38)39-32(3,4)5/h8-20,27-28H,7,21H2,1-6H3,(H,33,36)(H,34,38). The van der Waals surface area contributed by atoms with Crippen molar-refractivity contribution < 1.29 is 19.1 Å².